The van der Waals surface area contributed by atoms with Crippen LogP contribution < -0.4 is 0 Å². The number of rotatable bonds is 4. The van der Waals surface area contributed by atoms with Crippen LogP contribution in [0.2, 0.25) is 0 Å². The second-order valence-electron chi connectivity index (χ2n) is 18.7. The average Bonchev–Trinajstić information content (AvgIpc) is 3.71. The van der Waals surface area contributed by atoms with Gasteiger partial charge in [0.1, 0.15) is 0 Å². The molecule has 0 spiro atoms. The van der Waals surface area contributed by atoms with Crippen LogP contribution in [0.5, 0.6) is 0 Å². The summed E-state index contributed by atoms with van der Waals surface area (Å²) in [6.45, 7) is 9.46. The molecule has 11 aromatic rings. The van der Waals surface area contributed by atoms with Crippen LogP contribution in [0.4, 0.5) is 0 Å². The third kappa shape index (κ3) is 5.29. The van der Waals surface area contributed by atoms with Gasteiger partial charge in [-0.15, -0.1) is 0 Å². The van der Waals surface area contributed by atoms with E-state index in [0.29, 0.717) is 0 Å². The molecule has 0 unspecified atom stereocenters. The lowest BCUT2D eigenvalue weighted by Gasteiger charge is -2.23. The first-order chi connectivity index (χ1) is 31.2. The lowest BCUT2D eigenvalue weighted by atomic mass is 9.80. The van der Waals surface area contributed by atoms with Gasteiger partial charge >= 0.3 is 0 Å². The largest absolute Gasteiger partial charge is 0.236 e. The standard InChI is InChI=1S/C60H42N4/c1-59(2)53-21-13-11-19-41(53)51-27-47-45(39-31-61-57(62-32-39)35-15-7-5-8-16-35)25-37-24-44-38(23-43(37)49(47)29-55(51)59)26-46(40-33-63-58(64-34-40)36-17-9-6-10-18-36)48-28-52-42-20-12-14-22-54(42)60(3,4)56(52)30-50(44)48/h5-34H,1-4H3. The van der Waals surface area contributed by atoms with Crippen molar-refractivity contribution in [1.82, 2.24) is 19.9 Å². The Labute approximate surface area is 372 Å². The van der Waals surface area contributed by atoms with Gasteiger partial charge in [0.15, 0.2) is 11.6 Å². The number of nitrogens with zero attached hydrogens (tertiary/aromatic N) is 4. The maximum absolute atomic E-state index is 4.94. The maximum atomic E-state index is 4.94. The molecular formula is C60H42N4. The minimum atomic E-state index is -0.153. The van der Waals surface area contributed by atoms with Crippen LogP contribution >= 0.6 is 0 Å². The lowest BCUT2D eigenvalue weighted by Crippen LogP contribution is -2.14. The molecule has 0 saturated carbocycles. The van der Waals surface area contributed by atoms with E-state index in [2.05, 4.69) is 149 Å². The van der Waals surface area contributed by atoms with Gasteiger partial charge in [0.2, 0.25) is 0 Å². The van der Waals surface area contributed by atoms with Gasteiger partial charge in [0.25, 0.3) is 0 Å². The highest BCUT2D eigenvalue weighted by Crippen LogP contribution is 2.54. The summed E-state index contributed by atoms with van der Waals surface area (Å²) in [6.07, 6.45) is 7.99. The summed E-state index contributed by atoms with van der Waals surface area (Å²) in [4.78, 5) is 19.8. The van der Waals surface area contributed by atoms with E-state index in [-0.39, 0.29) is 10.8 Å². The lowest BCUT2D eigenvalue weighted by molar-refractivity contribution is 0.661. The minimum absolute atomic E-state index is 0.153. The number of hydrogen-bond donors (Lipinski definition) is 0. The topological polar surface area (TPSA) is 51.6 Å². The van der Waals surface area contributed by atoms with Crippen molar-refractivity contribution in [1.29, 1.82) is 0 Å². The predicted molar refractivity (Wildman–Crippen MR) is 265 cm³/mol. The summed E-state index contributed by atoms with van der Waals surface area (Å²) in [6, 6.07) is 57.7. The van der Waals surface area contributed by atoms with Gasteiger partial charge < -0.3 is 0 Å². The molecule has 13 rings (SSSR count). The van der Waals surface area contributed by atoms with E-state index < -0.39 is 0 Å². The SMILES string of the molecule is CC1(C)c2ccccc2-c2cc3c(-c4cnc(-c5ccccc5)nc4)cc4cc5c(cc(-c6cnc(-c7ccccc7)nc6)c6cc7c(cc65)C(C)(C)c5ccccc5-7)cc4c3cc21. The summed E-state index contributed by atoms with van der Waals surface area (Å²) in [5.74, 6) is 1.44. The van der Waals surface area contributed by atoms with Gasteiger partial charge in [-0.05, 0) is 147 Å². The molecule has 302 valence electrons. The zero-order valence-electron chi connectivity index (χ0n) is 36.1. The zero-order valence-corrected chi connectivity index (χ0v) is 36.1. The first-order valence-corrected chi connectivity index (χ1v) is 22.2. The number of hydrogen-bond acceptors (Lipinski definition) is 4. The summed E-state index contributed by atoms with van der Waals surface area (Å²) >= 11 is 0. The van der Waals surface area contributed by atoms with Crippen LogP contribution in [0, 0.1) is 0 Å². The number of benzene rings is 9. The summed E-state index contributed by atoms with van der Waals surface area (Å²) in [7, 11) is 0. The molecule has 0 atom stereocenters. The fraction of sp³-hybridized carbons (Fsp3) is 0.100. The molecule has 2 aliphatic rings. The molecule has 0 bridgehead atoms. The van der Waals surface area contributed by atoms with Crippen molar-refractivity contribution in [3.63, 3.8) is 0 Å². The van der Waals surface area contributed by atoms with Crippen molar-refractivity contribution in [3.05, 3.63) is 205 Å². The Morgan fingerprint density at radius 3 is 1.06 bits per heavy atom. The third-order valence-corrected chi connectivity index (χ3v) is 14.4. The molecule has 9 aromatic carbocycles. The molecule has 64 heavy (non-hydrogen) atoms. The second kappa shape index (κ2) is 13.3. The fourth-order valence-corrected chi connectivity index (χ4v) is 11.1. The van der Waals surface area contributed by atoms with Gasteiger partial charge in [0, 0.05) is 57.9 Å². The molecule has 4 nitrogen and oxygen atoms in total. The highest BCUT2D eigenvalue weighted by Gasteiger charge is 2.37. The Balaban J connectivity index is 1.10. The van der Waals surface area contributed by atoms with Crippen LogP contribution in [0.25, 0.3) is 110 Å². The molecule has 2 aliphatic carbocycles. The van der Waals surface area contributed by atoms with E-state index in [4.69, 9.17) is 19.9 Å². The molecule has 0 radical (unpaired) electrons. The third-order valence-electron chi connectivity index (χ3n) is 14.4. The highest BCUT2D eigenvalue weighted by atomic mass is 14.9. The van der Waals surface area contributed by atoms with Gasteiger partial charge in [-0.2, -0.15) is 0 Å². The molecule has 4 heteroatoms. The van der Waals surface area contributed by atoms with E-state index >= 15 is 0 Å². The first-order valence-electron chi connectivity index (χ1n) is 22.2. The summed E-state index contributed by atoms with van der Waals surface area (Å²) < 4.78 is 0. The van der Waals surface area contributed by atoms with Gasteiger partial charge in [0.05, 0.1) is 0 Å². The van der Waals surface area contributed by atoms with Crippen LogP contribution in [0.3, 0.4) is 0 Å². The van der Waals surface area contributed by atoms with Crippen LogP contribution in [-0.4, -0.2) is 19.9 Å². The Bertz CT molecular complexity index is 3490. The zero-order chi connectivity index (χ0) is 42.9. The molecule has 0 fully saturated rings. The van der Waals surface area contributed by atoms with Crippen LogP contribution in [0.1, 0.15) is 49.9 Å². The molecule has 0 amide bonds. The monoisotopic (exact) mass is 818 g/mol. The Kier molecular flexibility index (Phi) is 7.67. The van der Waals surface area contributed by atoms with Crippen molar-refractivity contribution in [3.8, 4) is 67.3 Å². The van der Waals surface area contributed by atoms with Crippen molar-refractivity contribution in [2.45, 2.75) is 38.5 Å². The molecule has 0 N–H and O–H groups in total. The van der Waals surface area contributed by atoms with E-state index in [1.54, 1.807) is 0 Å². The van der Waals surface area contributed by atoms with Crippen LogP contribution in [0.15, 0.2) is 183 Å². The van der Waals surface area contributed by atoms with E-state index in [1.165, 1.54) is 87.6 Å². The Morgan fingerprint density at radius 1 is 0.281 bits per heavy atom. The van der Waals surface area contributed by atoms with Gasteiger partial charge in [-0.3, -0.25) is 0 Å². The molecular weight excluding hydrogens is 777 g/mol. The van der Waals surface area contributed by atoms with Crippen molar-refractivity contribution >= 4 is 43.1 Å². The molecule has 2 heterocycles. The highest BCUT2D eigenvalue weighted by molar-refractivity contribution is 6.23. The van der Waals surface area contributed by atoms with E-state index in [1.807, 2.05) is 61.2 Å². The first kappa shape index (κ1) is 36.8. The fourth-order valence-electron chi connectivity index (χ4n) is 11.1. The summed E-state index contributed by atoms with van der Waals surface area (Å²) in [5, 5.41) is 9.64. The van der Waals surface area contributed by atoms with Crippen molar-refractivity contribution in [2.75, 3.05) is 0 Å². The molecule has 0 saturated heterocycles. The minimum Gasteiger partial charge on any atom is -0.236 e. The molecule has 2 aromatic heterocycles. The number of aromatic nitrogens is 4. The number of fused-ring (bicyclic) bond motifs is 12. The van der Waals surface area contributed by atoms with E-state index in [9.17, 15) is 0 Å². The second-order valence-corrected chi connectivity index (χ2v) is 18.7. The van der Waals surface area contributed by atoms with Gasteiger partial charge in [-0.1, -0.05) is 137 Å². The van der Waals surface area contributed by atoms with Crippen molar-refractivity contribution in [2.24, 2.45) is 0 Å². The summed E-state index contributed by atoms with van der Waals surface area (Å²) in [5.41, 5.74) is 16.6. The van der Waals surface area contributed by atoms with Gasteiger partial charge in [-0.25, -0.2) is 19.9 Å². The van der Waals surface area contributed by atoms with E-state index in [0.717, 1.165) is 45.0 Å². The Morgan fingerprint density at radius 2 is 0.656 bits per heavy atom. The maximum Gasteiger partial charge on any atom is 0.159 e. The predicted octanol–water partition coefficient (Wildman–Crippen LogP) is 15.2. The van der Waals surface area contributed by atoms with Crippen molar-refractivity contribution < 1.29 is 0 Å². The normalized spacial score (nSPS) is 14.2. The Hall–Kier alpha value is -7.82. The quantitative estimate of drug-likeness (QED) is 0.131. The molecule has 0 aliphatic heterocycles. The average molecular weight is 819 g/mol. The smallest absolute Gasteiger partial charge is 0.159 e. The van der Waals surface area contributed by atoms with Crippen LogP contribution in [-0.2, 0) is 10.8 Å².